The van der Waals surface area contributed by atoms with Gasteiger partial charge in [0.1, 0.15) is 0 Å². The van der Waals surface area contributed by atoms with E-state index in [1.54, 1.807) is 0 Å². The highest BCUT2D eigenvalue weighted by atomic mass is 16.4. The predicted octanol–water partition coefficient (Wildman–Crippen LogP) is 2.00. The molecule has 0 saturated carbocycles. The molecule has 92 valence electrons. The molecule has 0 radical (unpaired) electrons. The maximum atomic E-state index is 10.3. The molecule has 0 saturated heterocycles. The summed E-state index contributed by atoms with van der Waals surface area (Å²) in [4.78, 5) is 10.3. The fourth-order valence-electron chi connectivity index (χ4n) is 2.41. The van der Waals surface area contributed by atoms with Crippen molar-refractivity contribution in [1.82, 2.24) is 5.32 Å². The summed E-state index contributed by atoms with van der Waals surface area (Å²) in [6.45, 7) is 0.923. The zero-order valence-corrected chi connectivity index (χ0v) is 9.98. The molecule has 3 nitrogen and oxygen atoms in total. The van der Waals surface area contributed by atoms with E-state index in [1.807, 2.05) is 0 Å². The smallest absolute Gasteiger partial charge is 0.303 e. The molecule has 0 atom stereocenters. The third-order valence-corrected chi connectivity index (χ3v) is 3.30. The van der Waals surface area contributed by atoms with Gasteiger partial charge in [0.2, 0.25) is 0 Å². The van der Waals surface area contributed by atoms with Gasteiger partial charge in [0.25, 0.3) is 0 Å². The van der Waals surface area contributed by atoms with Gasteiger partial charge in [0, 0.05) is 12.5 Å². The molecule has 0 bridgehead atoms. The Hall–Kier alpha value is -1.35. The quantitative estimate of drug-likeness (QED) is 0.739. The van der Waals surface area contributed by atoms with Gasteiger partial charge in [0.15, 0.2) is 0 Å². The highest BCUT2D eigenvalue weighted by molar-refractivity contribution is 5.66. The number of carboxylic acid groups (broad SMARTS) is 1. The first-order valence-corrected chi connectivity index (χ1v) is 6.27. The number of rotatable bonds is 6. The zero-order valence-electron chi connectivity index (χ0n) is 9.98. The van der Waals surface area contributed by atoms with Gasteiger partial charge in [-0.2, -0.15) is 0 Å². The van der Waals surface area contributed by atoms with Crippen LogP contribution in [-0.4, -0.2) is 23.7 Å². The fourth-order valence-corrected chi connectivity index (χ4v) is 2.41. The lowest BCUT2D eigenvalue weighted by molar-refractivity contribution is -0.137. The Morgan fingerprint density at radius 3 is 2.47 bits per heavy atom. The number of carbonyl (C=O) groups is 1. The summed E-state index contributed by atoms with van der Waals surface area (Å²) >= 11 is 0. The van der Waals surface area contributed by atoms with Gasteiger partial charge < -0.3 is 10.4 Å². The largest absolute Gasteiger partial charge is 0.481 e. The standard InChI is InChI=1S/C14H19NO2/c16-14(17)7-3-4-8-15-13-9-11-5-1-2-6-12(11)10-13/h1-2,5-6,13,15H,3-4,7-10H2,(H,16,17). The van der Waals surface area contributed by atoms with E-state index in [4.69, 9.17) is 5.11 Å². The highest BCUT2D eigenvalue weighted by Gasteiger charge is 2.19. The van der Waals surface area contributed by atoms with Crippen LogP contribution >= 0.6 is 0 Å². The summed E-state index contributed by atoms with van der Waals surface area (Å²) in [6.07, 6.45) is 4.21. The van der Waals surface area contributed by atoms with Gasteiger partial charge in [-0.1, -0.05) is 24.3 Å². The monoisotopic (exact) mass is 233 g/mol. The topological polar surface area (TPSA) is 49.3 Å². The Labute approximate surface area is 102 Å². The van der Waals surface area contributed by atoms with Crippen LogP contribution in [0.1, 0.15) is 30.4 Å². The Morgan fingerprint density at radius 1 is 1.24 bits per heavy atom. The molecule has 0 aliphatic heterocycles. The van der Waals surface area contributed by atoms with Crippen molar-refractivity contribution in [1.29, 1.82) is 0 Å². The first kappa shape index (κ1) is 12.1. The van der Waals surface area contributed by atoms with E-state index in [9.17, 15) is 4.79 Å². The Kier molecular flexibility index (Phi) is 4.15. The molecular weight excluding hydrogens is 214 g/mol. The van der Waals surface area contributed by atoms with Crippen LogP contribution in [0.2, 0.25) is 0 Å². The third-order valence-electron chi connectivity index (χ3n) is 3.30. The normalized spacial score (nSPS) is 14.8. The van der Waals surface area contributed by atoms with Crippen molar-refractivity contribution in [3.05, 3.63) is 35.4 Å². The summed E-state index contributed by atoms with van der Waals surface area (Å²) in [5.74, 6) is -0.696. The van der Waals surface area contributed by atoms with Crippen molar-refractivity contribution in [2.24, 2.45) is 0 Å². The third kappa shape index (κ3) is 3.56. The van der Waals surface area contributed by atoms with Gasteiger partial charge in [-0.05, 0) is 43.4 Å². The SMILES string of the molecule is O=C(O)CCCCNC1Cc2ccccc2C1. The van der Waals surface area contributed by atoms with Crippen LogP contribution in [0.5, 0.6) is 0 Å². The lowest BCUT2D eigenvalue weighted by Crippen LogP contribution is -2.30. The van der Waals surface area contributed by atoms with Crippen LogP contribution in [0.25, 0.3) is 0 Å². The second kappa shape index (κ2) is 5.82. The summed E-state index contributed by atoms with van der Waals surface area (Å²) in [5, 5.41) is 12.0. The molecule has 1 aliphatic carbocycles. The van der Waals surface area contributed by atoms with E-state index >= 15 is 0 Å². The second-order valence-corrected chi connectivity index (χ2v) is 4.68. The van der Waals surface area contributed by atoms with E-state index in [0.717, 1.165) is 32.2 Å². The van der Waals surface area contributed by atoms with Crippen molar-refractivity contribution in [2.45, 2.75) is 38.1 Å². The van der Waals surface area contributed by atoms with E-state index in [1.165, 1.54) is 11.1 Å². The molecular formula is C14H19NO2. The van der Waals surface area contributed by atoms with Gasteiger partial charge in [-0.3, -0.25) is 4.79 Å². The van der Waals surface area contributed by atoms with Gasteiger partial charge in [-0.15, -0.1) is 0 Å². The average Bonchev–Trinajstić information content (AvgIpc) is 2.70. The maximum absolute atomic E-state index is 10.3. The minimum absolute atomic E-state index is 0.284. The molecule has 2 rings (SSSR count). The van der Waals surface area contributed by atoms with E-state index in [0.29, 0.717) is 6.04 Å². The van der Waals surface area contributed by atoms with Crippen molar-refractivity contribution in [3.63, 3.8) is 0 Å². The first-order chi connectivity index (χ1) is 8.25. The number of hydrogen-bond donors (Lipinski definition) is 2. The van der Waals surface area contributed by atoms with Crippen LogP contribution < -0.4 is 5.32 Å². The number of unbranched alkanes of at least 4 members (excludes halogenated alkanes) is 1. The molecule has 17 heavy (non-hydrogen) atoms. The zero-order chi connectivity index (χ0) is 12.1. The van der Waals surface area contributed by atoms with Gasteiger partial charge in [-0.25, -0.2) is 0 Å². The first-order valence-electron chi connectivity index (χ1n) is 6.27. The molecule has 0 amide bonds. The lowest BCUT2D eigenvalue weighted by atomic mass is 10.1. The summed E-state index contributed by atoms with van der Waals surface area (Å²) in [7, 11) is 0. The molecule has 0 heterocycles. The van der Waals surface area contributed by atoms with Crippen molar-refractivity contribution >= 4 is 5.97 Å². The average molecular weight is 233 g/mol. The van der Waals surface area contributed by atoms with E-state index < -0.39 is 5.97 Å². The molecule has 0 aromatic heterocycles. The highest BCUT2D eigenvalue weighted by Crippen LogP contribution is 2.21. The van der Waals surface area contributed by atoms with Gasteiger partial charge >= 0.3 is 5.97 Å². The minimum Gasteiger partial charge on any atom is -0.481 e. The van der Waals surface area contributed by atoms with Crippen LogP contribution in [0.15, 0.2) is 24.3 Å². The maximum Gasteiger partial charge on any atom is 0.303 e. The number of benzene rings is 1. The summed E-state index contributed by atoms with van der Waals surface area (Å²) < 4.78 is 0. The molecule has 0 fully saturated rings. The van der Waals surface area contributed by atoms with Crippen molar-refractivity contribution in [2.75, 3.05) is 6.54 Å². The van der Waals surface area contributed by atoms with Crippen LogP contribution in [0.3, 0.4) is 0 Å². The van der Waals surface area contributed by atoms with Crippen LogP contribution in [0, 0.1) is 0 Å². The number of carboxylic acids is 1. The van der Waals surface area contributed by atoms with Crippen LogP contribution in [-0.2, 0) is 17.6 Å². The predicted molar refractivity (Wildman–Crippen MR) is 67.1 cm³/mol. The molecule has 1 aromatic carbocycles. The molecule has 1 aromatic rings. The van der Waals surface area contributed by atoms with E-state index in [2.05, 4.69) is 29.6 Å². The van der Waals surface area contributed by atoms with Crippen molar-refractivity contribution < 1.29 is 9.90 Å². The Balaban J connectivity index is 1.65. The van der Waals surface area contributed by atoms with E-state index in [-0.39, 0.29) is 6.42 Å². The van der Waals surface area contributed by atoms with Gasteiger partial charge in [0.05, 0.1) is 0 Å². The minimum atomic E-state index is -0.696. The van der Waals surface area contributed by atoms with Crippen LogP contribution in [0.4, 0.5) is 0 Å². The fraction of sp³-hybridized carbons (Fsp3) is 0.500. The molecule has 0 spiro atoms. The Morgan fingerprint density at radius 2 is 1.88 bits per heavy atom. The number of hydrogen-bond acceptors (Lipinski definition) is 2. The summed E-state index contributed by atoms with van der Waals surface area (Å²) in [5.41, 5.74) is 2.91. The summed E-state index contributed by atoms with van der Waals surface area (Å²) in [6, 6.07) is 9.11. The number of fused-ring (bicyclic) bond motifs is 1. The number of nitrogens with one attached hydrogen (secondary N) is 1. The Bertz CT molecular complexity index is 365. The molecule has 1 aliphatic rings. The second-order valence-electron chi connectivity index (χ2n) is 4.68. The van der Waals surface area contributed by atoms with Crippen molar-refractivity contribution in [3.8, 4) is 0 Å². The molecule has 3 heteroatoms. The lowest BCUT2D eigenvalue weighted by Gasteiger charge is -2.11. The number of aliphatic carboxylic acids is 1. The molecule has 0 unspecified atom stereocenters. The molecule has 2 N–H and O–H groups in total.